The Morgan fingerprint density at radius 2 is 1.90 bits per heavy atom. The predicted octanol–water partition coefficient (Wildman–Crippen LogP) is 3.57. The van der Waals surface area contributed by atoms with Gasteiger partial charge in [-0.15, -0.1) is 0 Å². The molecular weight excluding hydrogens is 418 g/mol. The normalized spacial score (nSPS) is 18.8. The van der Waals surface area contributed by atoms with Crippen molar-refractivity contribution in [3.8, 4) is 0 Å². The minimum atomic E-state index is -1.11. The fourth-order valence-electron chi connectivity index (χ4n) is 4.29. The number of nitrogens with zero attached hydrogens (tertiary/aromatic N) is 3. The first-order chi connectivity index (χ1) is 14.9. The third-order valence-electron chi connectivity index (χ3n) is 5.79. The summed E-state index contributed by atoms with van der Waals surface area (Å²) in [6, 6.07) is 10.6. The molecule has 1 aliphatic carbocycles. The molecule has 0 unspecified atom stereocenters. The Kier molecular flexibility index (Phi) is 6.25. The van der Waals surface area contributed by atoms with Gasteiger partial charge in [-0.05, 0) is 42.7 Å². The molecule has 2 N–H and O–H groups in total. The first-order valence-electron chi connectivity index (χ1n) is 10.3. The maximum atomic E-state index is 13.5. The van der Waals surface area contributed by atoms with Crippen molar-refractivity contribution in [1.29, 1.82) is 0 Å². The van der Waals surface area contributed by atoms with Gasteiger partial charge in [-0.1, -0.05) is 36.6 Å². The van der Waals surface area contributed by atoms with Crippen LogP contribution in [0.3, 0.4) is 0 Å². The Balaban J connectivity index is 1.72. The van der Waals surface area contributed by atoms with Gasteiger partial charge in [0.25, 0.3) is 5.91 Å². The number of pyridine rings is 1. The number of hydrogen-bond donors (Lipinski definition) is 2. The summed E-state index contributed by atoms with van der Waals surface area (Å²) in [4.78, 5) is 30.8. The first-order valence-corrected chi connectivity index (χ1v) is 10.7. The van der Waals surface area contributed by atoms with Crippen molar-refractivity contribution in [1.82, 2.24) is 14.5 Å². The van der Waals surface area contributed by atoms with Gasteiger partial charge in [0.05, 0.1) is 23.2 Å². The number of halogens is 1. The van der Waals surface area contributed by atoms with Crippen LogP contribution < -0.4 is 0 Å². The number of amides is 1. The SMILES string of the molecule is O=C(O)CN(C(=O)c1cn(Cc2ccc(Cl)cc2)c2cccnc12)[C@H]1CCCC[C@@H]1O. The second kappa shape index (κ2) is 9.08. The number of aliphatic hydroxyl groups is 1. The molecule has 1 fully saturated rings. The van der Waals surface area contributed by atoms with E-state index in [0.29, 0.717) is 35.5 Å². The van der Waals surface area contributed by atoms with Gasteiger partial charge >= 0.3 is 5.97 Å². The number of carboxylic acid groups (broad SMARTS) is 1. The van der Waals surface area contributed by atoms with Crippen LogP contribution in [0, 0.1) is 0 Å². The van der Waals surface area contributed by atoms with Gasteiger partial charge in [-0.2, -0.15) is 0 Å². The second-order valence-electron chi connectivity index (χ2n) is 7.91. The molecule has 0 radical (unpaired) electrons. The summed E-state index contributed by atoms with van der Waals surface area (Å²) < 4.78 is 1.93. The van der Waals surface area contributed by atoms with Crippen LogP contribution in [0.25, 0.3) is 11.0 Å². The van der Waals surface area contributed by atoms with E-state index in [9.17, 15) is 19.8 Å². The molecule has 1 aliphatic rings. The Bertz CT molecular complexity index is 1100. The molecule has 7 nitrogen and oxygen atoms in total. The topological polar surface area (TPSA) is 95.7 Å². The lowest BCUT2D eigenvalue weighted by Crippen LogP contribution is -2.50. The Labute approximate surface area is 184 Å². The number of hydrogen-bond acceptors (Lipinski definition) is 4. The molecule has 0 spiro atoms. The fourth-order valence-corrected chi connectivity index (χ4v) is 4.42. The highest BCUT2D eigenvalue weighted by Gasteiger charge is 2.35. The van der Waals surface area contributed by atoms with E-state index in [0.717, 1.165) is 23.9 Å². The molecule has 2 aromatic heterocycles. The molecule has 1 amide bonds. The fraction of sp³-hybridized carbons (Fsp3) is 0.348. The van der Waals surface area contributed by atoms with Crippen LogP contribution in [0.15, 0.2) is 48.8 Å². The quantitative estimate of drug-likeness (QED) is 0.609. The molecule has 0 aliphatic heterocycles. The lowest BCUT2D eigenvalue weighted by atomic mass is 9.91. The number of benzene rings is 1. The van der Waals surface area contributed by atoms with E-state index >= 15 is 0 Å². The third-order valence-corrected chi connectivity index (χ3v) is 6.05. The van der Waals surface area contributed by atoms with Crippen LogP contribution in [-0.4, -0.2) is 55.2 Å². The van der Waals surface area contributed by atoms with Crippen LogP contribution in [0.2, 0.25) is 5.02 Å². The number of carbonyl (C=O) groups excluding carboxylic acids is 1. The number of carbonyl (C=O) groups is 2. The number of fused-ring (bicyclic) bond motifs is 1. The molecule has 2 heterocycles. The molecule has 0 saturated heterocycles. The first kappa shape index (κ1) is 21.3. The molecule has 162 valence electrons. The van der Waals surface area contributed by atoms with Crippen molar-refractivity contribution in [3.63, 3.8) is 0 Å². The summed E-state index contributed by atoms with van der Waals surface area (Å²) in [6.45, 7) is 0.0505. The van der Waals surface area contributed by atoms with Gasteiger partial charge in [-0.25, -0.2) is 0 Å². The average Bonchev–Trinajstić information content (AvgIpc) is 3.12. The predicted molar refractivity (Wildman–Crippen MR) is 117 cm³/mol. The highest BCUT2D eigenvalue weighted by Crippen LogP contribution is 2.27. The van der Waals surface area contributed by atoms with Crippen molar-refractivity contribution >= 4 is 34.5 Å². The zero-order valence-corrected chi connectivity index (χ0v) is 17.7. The lowest BCUT2D eigenvalue weighted by Gasteiger charge is -2.36. The van der Waals surface area contributed by atoms with Crippen molar-refractivity contribution in [2.24, 2.45) is 0 Å². The number of rotatable bonds is 6. The minimum Gasteiger partial charge on any atom is -0.480 e. The molecular formula is C23H24ClN3O4. The summed E-state index contributed by atoms with van der Waals surface area (Å²) in [5.41, 5.74) is 2.64. The molecule has 1 saturated carbocycles. The molecule has 2 atom stereocenters. The lowest BCUT2D eigenvalue weighted by molar-refractivity contribution is -0.139. The smallest absolute Gasteiger partial charge is 0.323 e. The van der Waals surface area contributed by atoms with Crippen LogP contribution >= 0.6 is 11.6 Å². The molecule has 1 aromatic carbocycles. The van der Waals surface area contributed by atoms with E-state index in [4.69, 9.17) is 11.6 Å². The van der Waals surface area contributed by atoms with Gasteiger partial charge in [-0.3, -0.25) is 14.6 Å². The van der Waals surface area contributed by atoms with Crippen LogP contribution in [0.1, 0.15) is 41.6 Å². The maximum Gasteiger partial charge on any atom is 0.323 e. The largest absolute Gasteiger partial charge is 0.480 e. The van der Waals surface area contributed by atoms with Gasteiger partial charge in [0.2, 0.25) is 0 Å². The van der Waals surface area contributed by atoms with E-state index < -0.39 is 30.6 Å². The zero-order valence-electron chi connectivity index (χ0n) is 16.9. The number of aliphatic hydroxyl groups excluding tert-OH is 1. The highest BCUT2D eigenvalue weighted by atomic mass is 35.5. The number of aromatic nitrogens is 2. The molecule has 31 heavy (non-hydrogen) atoms. The summed E-state index contributed by atoms with van der Waals surface area (Å²) in [5, 5.41) is 20.5. The summed E-state index contributed by atoms with van der Waals surface area (Å²) >= 11 is 5.98. The van der Waals surface area contributed by atoms with Crippen LogP contribution in [-0.2, 0) is 11.3 Å². The molecule has 3 aromatic rings. The Hall–Kier alpha value is -2.90. The summed E-state index contributed by atoms with van der Waals surface area (Å²) in [6.07, 6.45) is 5.46. The van der Waals surface area contributed by atoms with E-state index in [2.05, 4.69) is 4.98 Å². The summed E-state index contributed by atoms with van der Waals surface area (Å²) in [5.74, 6) is -1.53. The Morgan fingerprint density at radius 1 is 1.16 bits per heavy atom. The molecule has 0 bridgehead atoms. The van der Waals surface area contributed by atoms with E-state index in [1.54, 1.807) is 18.5 Å². The maximum absolute atomic E-state index is 13.5. The van der Waals surface area contributed by atoms with E-state index in [1.807, 2.05) is 34.9 Å². The average molecular weight is 442 g/mol. The van der Waals surface area contributed by atoms with Gasteiger partial charge in [0, 0.05) is 24.0 Å². The number of aliphatic carboxylic acids is 1. The zero-order chi connectivity index (χ0) is 22.0. The van der Waals surface area contributed by atoms with E-state index in [1.165, 1.54) is 4.90 Å². The monoisotopic (exact) mass is 441 g/mol. The minimum absolute atomic E-state index is 0.337. The molecule has 4 rings (SSSR count). The highest BCUT2D eigenvalue weighted by molar-refractivity contribution is 6.30. The second-order valence-corrected chi connectivity index (χ2v) is 8.35. The van der Waals surface area contributed by atoms with Gasteiger partial charge in [0.1, 0.15) is 12.1 Å². The van der Waals surface area contributed by atoms with Crippen molar-refractivity contribution < 1.29 is 19.8 Å². The molecule has 8 heteroatoms. The van der Waals surface area contributed by atoms with Gasteiger partial charge < -0.3 is 19.7 Å². The van der Waals surface area contributed by atoms with Crippen LogP contribution in [0.4, 0.5) is 0 Å². The van der Waals surface area contributed by atoms with Crippen molar-refractivity contribution in [2.45, 2.75) is 44.4 Å². The van der Waals surface area contributed by atoms with E-state index in [-0.39, 0.29) is 0 Å². The Morgan fingerprint density at radius 3 is 2.61 bits per heavy atom. The summed E-state index contributed by atoms with van der Waals surface area (Å²) in [7, 11) is 0. The van der Waals surface area contributed by atoms with Gasteiger partial charge in [0.15, 0.2) is 0 Å². The third kappa shape index (κ3) is 4.57. The van der Waals surface area contributed by atoms with Crippen molar-refractivity contribution in [3.05, 3.63) is 64.9 Å². The number of carboxylic acids is 1. The van der Waals surface area contributed by atoms with Crippen LogP contribution in [0.5, 0.6) is 0 Å². The standard InChI is InChI=1S/C23H24ClN3O4/c24-16-9-7-15(8-10-16)12-26-13-17(22-19(26)5-3-11-25-22)23(31)27(14-21(29)30)18-4-1-2-6-20(18)28/h3,5,7-11,13,18,20,28H,1-2,4,6,12,14H2,(H,29,30)/t18-,20-/m0/s1. The van der Waals surface area contributed by atoms with Crippen molar-refractivity contribution in [2.75, 3.05) is 6.54 Å².